The number of nitrogens with one attached hydrogen (secondary N) is 2. The smallest absolute Gasteiger partial charge is 0.426 e. The molecule has 0 unspecified atom stereocenters. The van der Waals surface area contributed by atoms with Crippen LogP contribution in [0.15, 0.2) is 386 Å². The monoisotopic (exact) mass is 2270 g/mol. The molecular weight excluding hydrogens is 2150 g/mol. The minimum absolute atomic E-state index is 0.0543. The van der Waals surface area contributed by atoms with Crippen molar-refractivity contribution in [2.75, 3.05) is 56.4 Å². The Labute approximate surface area is 869 Å². The minimum atomic E-state index is -4.66. The Morgan fingerprint density at radius 1 is 0.196 bits per heavy atom. The summed E-state index contributed by atoms with van der Waals surface area (Å²) in [6.45, 7) is 20.3. The minimum Gasteiger partial charge on any atom is -0.443 e. The van der Waals surface area contributed by atoms with E-state index in [0.29, 0.717) is 17.7 Å². The van der Waals surface area contributed by atoms with E-state index < -0.39 is 144 Å². The number of benzene rings is 12. The molecule has 800 valence electrons. The van der Waals surface area contributed by atoms with Gasteiger partial charge in [0, 0.05) is 64.0 Å². The Balaban J connectivity index is 0.000000241. The highest BCUT2D eigenvalue weighted by Crippen LogP contribution is 2.34. The Morgan fingerprint density at radius 3 is 0.446 bits per heavy atom. The molecule has 0 aliphatic rings. The summed E-state index contributed by atoms with van der Waals surface area (Å²) in [5, 5.41) is 2.97. The van der Waals surface area contributed by atoms with Gasteiger partial charge in [0.1, 0.15) is 11.2 Å². The topological polar surface area (TPSA) is 519 Å². The lowest BCUT2D eigenvalue weighted by Gasteiger charge is -2.31. The van der Waals surface area contributed by atoms with Gasteiger partial charge in [0.25, 0.3) is 120 Å². The number of carbonyl (C=O) groups excluding carboxylic acids is 2. The van der Waals surface area contributed by atoms with Crippen molar-refractivity contribution in [2.24, 2.45) is 0 Å². The average Bonchev–Trinajstić information content (AvgIpc) is 1.34. The highest BCUT2D eigenvalue weighted by Gasteiger charge is 2.48. The molecule has 40 nitrogen and oxygen atoms in total. The number of rotatable bonds is 30. The van der Waals surface area contributed by atoms with Crippen molar-refractivity contribution in [1.29, 1.82) is 0 Å². The highest BCUT2D eigenvalue weighted by atomic mass is 32.3. The molecule has 12 aromatic carbocycles. The Kier molecular flexibility index (Phi) is 41.8. The van der Waals surface area contributed by atoms with Crippen LogP contribution >= 0.6 is 0 Å². The number of hydrogen-bond acceptors (Lipinski definition) is 32. The second-order valence-corrected chi connectivity index (χ2v) is 56.7. The van der Waals surface area contributed by atoms with Crippen LogP contribution in [0.3, 0.4) is 0 Å². The molecule has 0 spiro atoms. The summed E-state index contributed by atoms with van der Waals surface area (Å²) in [7, 11) is -42.5. The van der Waals surface area contributed by atoms with Gasteiger partial charge in [-0.05, 0) is 244 Å². The summed E-state index contributed by atoms with van der Waals surface area (Å²) in [5.41, 5.74) is 7.69. The van der Waals surface area contributed by atoms with Crippen LogP contribution in [0.1, 0.15) is 74.9 Å². The lowest BCUT2D eigenvalue weighted by molar-refractivity contribution is 0.0108. The fourth-order valence-corrected chi connectivity index (χ4v) is 34.1. The van der Waals surface area contributed by atoms with E-state index >= 15 is 0 Å². The van der Waals surface area contributed by atoms with Crippen molar-refractivity contribution in [3.05, 3.63) is 361 Å². The third-order valence-electron chi connectivity index (χ3n) is 19.5. The van der Waals surface area contributed by atoms with Crippen LogP contribution in [0.4, 0.5) is 9.59 Å². The zero-order valence-corrected chi connectivity index (χ0v) is 93.8. The van der Waals surface area contributed by atoms with Gasteiger partial charge in [0.2, 0.25) is 0 Å². The molecule has 0 atom stereocenters. The largest absolute Gasteiger partial charge is 0.443 e. The summed E-state index contributed by atoms with van der Waals surface area (Å²) in [6.07, 6.45) is -2.26. The normalized spacial score (nSPS) is 12.6. The first kappa shape index (κ1) is 123. The van der Waals surface area contributed by atoms with Crippen LogP contribution in [0.2, 0.25) is 0 Å². The van der Waals surface area contributed by atoms with Crippen molar-refractivity contribution in [2.45, 2.75) is 153 Å². The second-order valence-electron chi connectivity index (χ2n) is 34.1. The van der Waals surface area contributed by atoms with Gasteiger partial charge in [-0.15, -0.1) is 0 Å². The third-order valence-corrected chi connectivity index (χ3v) is 45.0. The summed E-state index contributed by atoms with van der Waals surface area (Å²) < 4.78 is 321. The van der Waals surface area contributed by atoms with Crippen LogP contribution in [-0.2, 0) is 130 Å². The van der Waals surface area contributed by atoms with E-state index in [4.69, 9.17) is 9.47 Å². The lowest BCUT2D eigenvalue weighted by Crippen LogP contribution is -2.51. The molecule has 0 aromatic heterocycles. The first-order valence-corrected chi connectivity index (χ1v) is 60.9. The third kappa shape index (κ3) is 30.8. The zero-order valence-electron chi connectivity index (χ0n) is 84.0. The zero-order chi connectivity index (χ0) is 111. The van der Waals surface area contributed by atoms with Gasteiger partial charge in [-0.25, -0.2) is 141 Å². The van der Waals surface area contributed by atoms with E-state index in [1.165, 1.54) is 285 Å². The van der Waals surface area contributed by atoms with Gasteiger partial charge in [0.15, 0.2) is 0 Å². The van der Waals surface area contributed by atoms with Gasteiger partial charge in [-0.1, -0.05) is 215 Å². The van der Waals surface area contributed by atoms with Gasteiger partial charge >= 0.3 is 12.2 Å². The molecule has 0 aliphatic carbocycles. The van der Waals surface area contributed by atoms with Gasteiger partial charge in [-0.2, -0.15) is 0 Å². The maximum atomic E-state index is 13.3. The number of hydrazine groups is 6. The van der Waals surface area contributed by atoms with Crippen molar-refractivity contribution in [3.8, 4) is 0 Å². The standard InChI is InChI=1S/C20H26N2O6S2.C18H22N2O6S2.C16H20N2O4S2.C15H18N2O4S2.C14H16N2O4S2.C13H14N2O4S2/c1-15-7-11-17(12-8-15)29(24,25)22(21(6)19(23)28-20(3,4)5)30(26,27)18-13-9-16(2)10-14-18;1-18(2,3)26-17(21)19(4)20(27(22,23)15-11-7-5-8-12-15)28(24,25)16-13-9-6-10-14-16;1-13-5-9-15(10-6-13)23(19,20)18(17(3)4)24(21,22)16-11-7-14(2)8-12-16;1-12-4-8-14(9-5-12)22(18,19)17(16-3)23(20,21)15-10-6-13(2)7-11-15;1-15(2)16(21(17,18)13-9-5-3-6-10-13)22(19,20)14-11-7-4-8-12-14;1-14-15(20(16,17)12-8-4-2-5-9-12)21(18,19)13-10-6-3-7-11-13/h7-14H,1-6H3;5-14H,1-4H3;5-12H,1-4H3;4-11,16H,1-3H3;3-12H,1-2H3;2-11,14H,1H3. The van der Waals surface area contributed by atoms with Crippen LogP contribution in [-0.4, -0.2) is 224 Å². The summed E-state index contributed by atoms with van der Waals surface area (Å²) >= 11 is 0. The Hall–Kier alpha value is -11.8. The molecule has 12 aromatic rings. The number of ether oxygens (including phenoxy) is 2. The average molecular weight is 2270 g/mol. The van der Waals surface area contributed by atoms with Crippen LogP contribution in [0.25, 0.3) is 0 Å². The molecule has 148 heavy (non-hydrogen) atoms. The maximum Gasteiger partial charge on any atom is 0.426 e. The molecule has 0 saturated heterocycles. The number of carbonyl (C=O) groups is 2. The fraction of sp³-hybridized carbons (Fsp3) is 0.229. The SMILES string of the molecule is CN(C(=O)OC(C)(C)C)N(S(=O)(=O)c1ccccc1)S(=O)(=O)c1ccccc1.CN(C)N(S(=O)(=O)c1ccccc1)S(=O)(=O)c1ccccc1.CNN(S(=O)(=O)c1ccc(C)cc1)S(=O)(=O)c1ccc(C)cc1.CNN(S(=O)(=O)c1ccccc1)S(=O)(=O)c1ccccc1.Cc1ccc(S(=O)(=O)N(N(C)C(=O)OC(C)(C)C)S(=O)(=O)c2ccc(C)cc2)cc1.Cc1ccc(S(=O)(=O)N(N(C)C)S(=O)(=O)c2ccc(C)cc2)cc1. The van der Waals surface area contributed by atoms with Gasteiger partial charge in [0.05, 0.1) is 58.7 Å². The van der Waals surface area contributed by atoms with E-state index in [1.807, 2.05) is 27.7 Å². The Morgan fingerprint density at radius 2 is 0.318 bits per heavy atom. The summed E-state index contributed by atoms with van der Waals surface area (Å²) in [6, 6.07) is 78.9. The van der Waals surface area contributed by atoms with Gasteiger partial charge < -0.3 is 9.47 Å². The summed E-state index contributed by atoms with van der Waals surface area (Å²) in [5.74, 6) is 0. The second kappa shape index (κ2) is 50.2. The number of nitrogens with zero attached hydrogens (tertiary/aromatic N) is 10. The van der Waals surface area contributed by atoms with Crippen LogP contribution < -0.4 is 10.9 Å². The Bertz CT molecular complexity index is 7640. The molecule has 0 heterocycles. The summed E-state index contributed by atoms with van der Waals surface area (Å²) in [4.78, 5) is 23.2. The number of sulfonamides is 12. The molecule has 52 heteroatoms. The predicted molar refractivity (Wildman–Crippen MR) is 556 cm³/mol. The maximum absolute atomic E-state index is 13.3. The van der Waals surface area contributed by atoms with Crippen molar-refractivity contribution < 1.29 is 120 Å². The highest BCUT2D eigenvalue weighted by molar-refractivity contribution is 8.06. The van der Waals surface area contributed by atoms with E-state index in [2.05, 4.69) is 10.9 Å². The predicted octanol–water partition coefficient (Wildman–Crippen LogP) is 13.0. The van der Waals surface area contributed by atoms with Crippen molar-refractivity contribution >= 4 is 132 Å². The van der Waals surface area contributed by atoms with Crippen molar-refractivity contribution in [3.63, 3.8) is 0 Å². The van der Waals surface area contributed by atoms with Crippen LogP contribution in [0, 0.1) is 41.5 Å². The lowest BCUT2D eigenvalue weighted by atomic mass is 10.2. The molecule has 2 amide bonds. The molecule has 0 aliphatic heterocycles. The molecular formula is C96H116N12O28S12. The quantitative estimate of drug-likeness (QED) is 0.0395. The molecule has 0 saturated carbocycles. The van der Waals surface area contributed by atoms with E-state index in [9.17, 15) is 111 Å². The van der Waals surface area contributed by atoms with E-state index in [0.717, 1.165) is 57.5 Å². The van der Waals surface area contributed by atoms with Crippen molar-refractivity contribution in [1.82, 2.24) is 53.8 Å². The number of hydrogen-bond donors (Lipinski definition) is 2. The fourth-order valence-electron chi connectivity index (χ4n) is 12.5. The molecule has 0 radical (unpaired) electrons. The van der Waals surface area contributed by atoms with Crippen LogP contribution in [0.5, 0.6) is 0 Å². The molecule has 0 fully saturated rings. The van der Waals surface area contributed by atoms with E-state index in [-0.39, 0.29) is 74.0 Å². The molecule has 0 bridgehead atoms. The van der Waals surface area contributed by atoms with E-state index in [1.54, 1.807) is 140 Å². The molecule has 2 N–H and O–H groups in total. The first-order valence-electron chi connectivity index (χ1n) is 43.6. The number of amides is 2. The van der Waals surface area contributed by atoms with Gasteiger partial charge in [-0.3, -0.25) is 0 Å². The molecule has 12 rings (SSSR count). The first-order chi connectivity index (χ1) is 68.5. The number of aryl methyl sites for hydroxylation is 6.